The van der Waals surface area contributed by atoms with Gasteiger partial charge in [-0.15, -0.1) is 0 Å². The van der Waals surface area contributed by atoms with Gasteiger partial charge in [-0.2, -0.15) is 0 Å². The van der Waals surface area contributed by atoms with Crippen molar-refractivity contribution in [1.29, 1.82) is 0 Å². The number of aryl methyl sites for hydroxylation is 1. The van der Waals surface area contributed by atoms with Crippen molar-refractivity contribution in [2.24, 2.45) is 0 Å². The van der Waals surface area contributed by atoms with Gasteiger partial charge in [0, 0.05) is 0 Å². The number of benzene rings is 2. The summed E-state index contributed by atoms with van der Waals surface area (Å²) in [4.78, 5) is 0.0788. The van der Waals surface area contributed by atoms with Crippen molar-refractivity contribution in [2.75, 3.05) is 18.9 Å². The van der Waals surface area contributed by atoms with E-state index in [0.717, 1.165) is 5.56 Å². The highest BCUT2D eigenvalue weighted by molar-refractivity contribution is 7.92. The highest BCUT2D eigenvalue weighted by Crippen LogP contribution is 2.30. The Morgan fingerprint density at radius 3 is 2.29 bits per heavy atom. The Balaban J connectivity index is 2.42. The third-order valence-electron chi connectivity index (χ3n) is 2.96. The molecule has 112 valence electrons. The lowest BCUT2D eigenvalue weighted by Crippen LogP contribution is -2.14. The van der Waals surface area contributed by atoms with Crippen LogP contribution < -0.4 is 14.2 Å². The largest absolute Gasteiger partial charge is 0.495 e. The van der Waals surface area contributed by atoms with E-state index in [-0.39, 0.29) is 10.6 Å². The summed E-state index contributed by atoms with van der Waals surface area (Å²) in [5.41, 5.74) is 1.36. The standard InChI is InChI=1S/C15H17NO4S/c1-11-8-9-12(14(10-11)20-3)16-21(17,18)15-7-5-4-6-13(15)19-2/h4-10,16H,1-3H3. The Kier molecular flexibility index (Phi) is 4.37. The van der Waals surface area contributed by atoms with Crippen molar-refractivity contribution in [2.45, 2.75) is 11.8 Å². The first-order chi connectivity index (χ1) is 9.97. The second-order valence-corrected chi connectivity index (χ2v) is 6.11. The molecule has 0 spiro atoms. The summed E-state index contributed by atoms with van der Waals surface area (Å²) in [5, 5.41) is 0. The zero-order valence-corrected chi connectivity index (χ0v) is 12.9. The maximum Gasteiger partial charge on any atom is 0.265 e. The smallest absolute Gasteiger partial charge is 0.265 e. The molecule has 2 rings (SSSR count). The molecule has 0 bridgehead atoms. The molecule has 0 fully saturated rings. The van der Waals surface area contributed by atoms with Gasteiger partial charge in [-0.05, 0) is 36.8 Å². The van der Waals surface area contributed by atoms with Gasteiger partial charge in [-0.1, -0.05) is 18.2 Å². The van der Waals surface area contributed by atoms with Crippen molar-refractivity contribution >= 4 is 15.7 Å². The molecule has 5 nitrogen and oxygen atoms in total. The van der Waals surface area contributed by atoms with E-state index in [9.17, 15) is 8.42 Å². The number of anilines is 1. The fourth-order valence-corrected chi connectivity index (χ4v) is 3.17. The Labute approximate surface area is 124 Å². The minimum absolute atomic E-state index is 0.0788. The number of sulfonamides is 1. The molecule has 0 amide bonds. The molecule has 21 heavy (non-hydrogen) atoms. The lowest BCUT2D eigenvalue weighted by Gasteiger charge is -2.14. The zero-order chi connectivity index (χ0) is 15.5. The van der Waals surface area contributed by atoms with Crippen LogP contribution >= 0.6 is 0 Å². The molecule has 0 saturated carbocycles. The van der Waals surface area contributed by atoms with Gasteiger partial charge in [0.1, 0.15) is 16.4 Å². The van der Waals surface area contributed by atoms with Gasteiger partial charge in [0.25, 0.3) is 10.0 Å². The maximum atomic E-state index is 12.5. The second kappa shape index (κ2) is 6.05. The summed E-state index contributed by atoms with van der Waals surface area (Å²) in [5.74, 6) is 0.754. The van der Waals surface area contributed by atoms with Crippen LogP contribution in [0.3, 0.4) is 0 Å². The first-order valence-corrected chi connectivity index (χ1v) is 7.76. The van der Waals surface area contributed by atoms with Crippen LogP contribution in [0.1, 0.15) is 5.56 Å². The minimum Gasteiger partial charge on any atom is -0.495 e. The zero-order valence-electron chi connectivity index (χ0n) is 12.1. The van der Waals surface area contributed by atoms with E-state index in [2.05, 4.69) is 4.72 Å². The average molecular weight is 307 g/mol. The topological polar surface area (TPSA) is 64.6 Å². The molecule has 2 aromatic rings. The van der Waals surface area contributed by atoms with Gasteiger partial charge in [-0.3, -0.25) is 4.72 Å². The summed E-state index contributed by atoms with van der Waals surface area (Å²) in [6, 6.07) is 11.7. The normalized spacial score (nSPS) is 11.0. The monoisotopic (exact) mass is 307 g/mol. The van der Waals surface area contributed by atoms with E-state index in [1.807, 2.05) is 13.0 Å². The predicted octanol–water partition coefficient (Wildman–Crippen LogP) is 2.81. The summed E-state index contributed by atoms with van der Waals surface area (Å²) >= 11 is 0. The van der Waals surface area contributed by atoms with Crippen LogP contribution in [0.25, 0.3) is 0 Å². The Morgan fingerprint density at radius 2 is 1.62 bits per heavy atom. The van der Waals surface area contributed by atoms with Gasteiger partial charge in [0.15, 0.2) is 0 Å². The number of rotatable bonds is 5. The van der Waals surface area contributed by atoms with Crippen molar-refractivity contribution in [3.63, 3.8) is 0 Å². The Bertz CT molecular complexity index is 741. The minimum atomic E-state index is -3.76. The summed E-state index contributed by atoms with van der Waals surface area (Å²) < 4.78 is 37.8. The molecule has 0 heterocycles. The van der Waals surface area contributed by atoms with E-state index in [0.29, 0.717) is 11.4 Å². The van der Waals surface area contributed by atoms with Gasteiger partial charge in [0.05, 0.1) is 19.9 Å². The van der Waals surface area contributed by atoms with E-state index >= 15 is 0 Å². The third kappa shape index (κ3) is 3.28. The van der Waals surface area contributed by atoms with Gasteiger partial charge in [0.2, 0.25) is 0 Å². The van der Waals surface area contributed by atoms with Crippen molar-refractivity contribution in [3.8, 4) is 11.5 Å². The van der Waals surface area contributed by atoms with Crippen molar-refractivity contribution in [3.05, 3.63) is 48.0 Å². The van der Waals surface area contributed by atoms with E-state index in [4.69, 9.17) is 9.47 Å². The summed E-state index contributed by atoms with van der Waals surface area (Å²) in [6.07, 6.45) is 0. The van der Waals surface area contributed by atoms with Crippen molar-refractivity contribution < 1.29 is 17.9 Å². The number of methoxy groups -OCH3 is 2. The lowest BCUT2D eigenvalue weighted by atomic mass is 10.2. The Hall–Kier alpha value is -2.21. The molecule has 0 aliphatic heterocycles. The molecule has 0 aliphatic rings. The van der Waals surface area contributed by atoms with Crippen molar-refractivity contribution in [1.82, 2.24) is 0 Å². The fraction of sp³-hybridized carbons (Fsp3) is 0.200. The summed E-state index contributed by atoms with van der Waals surface area (Å²) in [7, 11) is -0.829. The molecule has 0 aromatic heterocycles. The third-order valence-corrected chi connectivity index (χ3v) is 4.36. The first kappa shape index (κ1) is 15.2. The molecule has 0 radical (unpaired) electrons. The van der Waals surface area contributed by atoms with Crippen LogP contribution in [0.15, 0.2) is 47.4 Å². The summed E-state index contributed by atoms with van der Waals surface area (Å²) in [6.45, 7) is 1.90. The van der Waals surface area contributed by atoms with Crippen LogP contribution in [0.2, 0.25) is 0 Å². The number of para-hydroxylation sites is 1. The fourth-order valence-electron chi connectivity index (χ4n) is 1.92. The van der Waals surface area contributed by atoms with Gasteiger partial charge < -0.3 is 9.47 Å². The van der Waals surface area contributed by atoms with Crippen LogP contribution in [0, 0.1) is 6.92 Å². The lowest BCUT2D eigenvalue weighted by molar-refractivity contribution is 0.403. The first-order valence-electron chi connectivity index (χ1n) is 6.28. The molecular formula is C15H17NO4S. The molecule has 0 atom stereocenters. The quantitative estimate of drug-likeness (QED) is 0.922. The SMILES string of the molecule is COc1cc(C)ccc1NS(=O)(=O)c1ccccc1OC. The molecular weight excluding hydrogens is 290 g/mol. The average Bonchev–Trinajstić information content (AvgIpc) is 2.48. The highest BCUT2D eigenvalue weighted by Gasteiger charge is 2.20. The van der Waals surface area contributed by atoms with E-state index in [1.165, 1.54) is 20.3 Å². The molecule has 0 saturated heterocycles. The molecule has 6 heteroatoms. The van der Waals surface area contributed by atoms with Crippen LogP contribution in [-0.2, 0) is 10.0 Å². The molecule has 0 aliphatic carbocycles. The number of nitrogens with one attached hydrogen (secondary N) is 1. The molecule has 2 aromatic carbocycles. The highest BCUT2D eigenvalue weighted by atomic mass is 32.2. The number of hydrogen-bond acceptors (Lipinski definition) is 4. The van der Waals surface area contributed by atoms with Crippen LogP contribution in [0.4, 0.5) is 5.69 Å². The number of ether oxygens (including phenoxy) is 2. The van der Waals surface area contributed by atoms with Gasteiger partial charge in [-0.25, -0.2) is 8.42 Å². The second-order valence-electron chi connectivity index (χ2n) is 4.46. The maximum absolute atomic E-state index is 12.5. The predicted molar refractivity (Wildman–Crippen MR) is 81.5 cm³/mol. The molecule has 1 N–H and O–H groups in total. The van der Waals surface area contributed by atoms with Gasteiger partial charge >= 0.3 is 0 Å². The number of hydrogen-bond donors (Lipinski definition) is 1. The van der Waals surface area contributed by atoms with E-state index < -0.39 is 10.0 Å². The van der Waals surface area contributed by atoms with E-state index in [1.54, 1.807) is 30.3 Å². The van der Waals surface area contributed by atoms with Crippen LogP contribution in [0.5, 0.6) is 11.5 Å². The molecule has 0 unspecified atom stereocenters. The van der Waals surface area contributed by atoms with Crippen LogP contribution in [-0.4, -0.2) is 22.6 Å². The Morgan fingerprint density at radius 1 is 0.952 bits per heavy atom.